The first-order valence-corrected chi connectivity index (χ1v) is 8.35. The number of carbonyl (C=O) groups excluding carboxylic acids is 1. The van der Waals surface area contributed by atoms with Crippen LogP contribution in [0.1, 0.15) is 39.4 Å². The van der Waals surface area contributed by atoms with Crippen LogP contribution in [0.3, 0.4) is 0 Å². The lowest BCUT2D eigenvalue weighted by atomic mass is 10.1. The number of rotatable bonds is 3. The molecule has 1 amide bonds. The van der Waals surface area contributed by atoms with Gasteiger partial charge in [0.15, 0.2) is 0 Å². The van der Waals surface area contributed by atoms with Gasteiger partial charge in [-0.2, -0.15) is 0 Å². The molecule has 116 valence electrons. The van der Waals surface area contributed by atoms with E-state index in [9.17, 15) is 4.79 Å². The molecule has 3 N–H and O–H groups in total. The number of aryl methyl sites for hydroxylation is 2. The topological polar surface area (TPSA) is 64.3 Å². The first kappa shape index (κ1) is 14.9. The molecule has 0 saturated carbocycles. The number of nitrogen functional groups attached to an aromatic ring is 1. The largest absolute Gasteiger partial charge is 0.497 e. The van der Waals surface area contributed by atoms with Crippen LogP contribution in [-0.2, 0) is 12.8 Å². The summed E-state index contributed by atoms with van der Waals surface area (Å²) in [6.07, 6.45) is 5.89. The Morgan fingerprint density at radius 3 is 2.86 bits per heavy atom. The van der Waals surface area contributed by atoms with Crippen molar-refractivity contribution in [2.75, 3.05) is 18.2 Å². The van der Waals surface area contributed by atoms with Gasteiger partial charge in [0.1, 0.15) is 5.75 Å². The van der Waals surface area contributed by atoms with E-state index >= 15 is 0 Å². The second-order valence-electron chi connectivity index (χ2n) is 5.53. The predicted molar refractivity (Wildman–Crippen MR) is 90.9 cm³/mol. The quantitative estimate of drug-likeness (QED) is 0.667. The van der Waals surface area contributed by atoms with Gasteiger partial charge < -0.3 is 15.8 Å². The fraction of sp³-hybridized carbons (Fsp3) is 0.353. The summed E-state index contributed by atoms with van der Waals surface area (Å²) in [6, 6.07) is 7.29. The summed E-state index contributed by atoms with van der Waals surface area (Å²) in [5, 5.41) is 2.89. The molecule has 0 spiro atoms. The summed E-state index contributed by atoms with van der Waals surface area (Å²) in [4.78, 5) is 14.6. The van der Waals surface area contributed by atoms with Crippen molar-refractivity contribution >= 4 is 28.6 Å². The molecule has 1 heterocycles. The monoisotopic (exact) mass is 316 g/mol. The third-order valence-corrected chi connectivity index (χ3v) is 5.21. The van der Waals surface area contributed by atoms with Gasteiger partial charge in [-0.15, -0.1) is 11.3 Å². The molecule has 2 aromatic rings. The zero-order chi connectivity index (χ0) is 15.5. The Hall–Kier alpha value is -2.01. The number of fused-ring (bicyclic) bond motifs is 1. The van der Waals surface area contributed by atoms with Gasteiger partial charge in [0.2, 0.25) is 0 Å². The molecule has 1 aliphatic carbocycles. The maximum Gasteiger partial charge on any atom is 0.265 e. The van der Waals surface area contributed by atoms with Gasteiger partial charge in [0.25, 0.3) is 5.91 Å². The van der Waals surface area contributed by atoms with Crippen LogP contribution in [0.4, 0.5) is 11.4 Å². The highest BCUT2D eigenvalue weighted by atomic mass is 32.1. The number of amides is 1. The van der Waals surface area contributed by atoms with Gasteiger partial charge in [-0.3, -0.25) is 4.79 Å². The first-order chi connectivity index (χ1) is 10.7. The highest BCUT2D eigenvalue weighted by Gasteiger charge is 2.17. The molecule has 0 saturated heterocycles. The molecule has 5 heteroatoms. The Bertz CT molecular complexity index is 670. The van der Waals surface area contributed by atoms with Crippen molar-refractivity contribution < 1.29 is 9.53 Å². The zero-order valence-corrected chi connectivity index (χ0v) is 13.5. The standard InChI is InChI=1S/C17H20N2O2S/c1-21-12-7-8-13(18)14(10-12)19-17(20)16-9-11-5-3-2-4-6-15(11)22-16/h7-10H,2-6,18H2,1H3,(H,19,20). The number of benzene rings is 1. The number of carbonyl (C=O) groups is 1. The highest BCUT2D eigenvalue weighted by Crippen LogP contribution is 2.30. The van der Waals surface area contributed by atoms with Crippen LogP contribution in [0, 0.1) is 0 Å². The van der Waals surface area contributed by atoms with Crippen molar-refractivity contribution in [3.05, 3.63) is 39.6 Å². The average Bonchev–Trinajstić information content (AvgIpc) is 2.80. The SMILES string of the molecule is COc1ccc(N)c(NC(=O)c2cc3c(s2)CCCCC3)c1. The smallest absolute Gasteiger partial charge is 0.265 e. The number of hydrogen-bond donors (Lipinski definition) is 2. The van der Waals surface area contributed by atoms with Crippen LogP contribution < -0.4 is 15.8 Å². The second-order valence-corrected chi connectivity index (χ2v) is 6.66. The molecule has 3 rings (SSSR count). The number of ether oxygens (including phenoxy) is 1. The lowest BCUT2D eigenvalue weighted by Crippen LogP contribution is -2.11. The molecule has 1 aromatic heterocycles. The van der Waals surface area contributed by atoms with E-state index in [1.165, 1.54) is 29.7 Å². The van der Waals surface area contributed by atoms with E-state index in [1.807, 2.05) is 6.07 Å². The van der Waals surface area contributed by atoms with Crippen LogP contribution in [0.5, 0.6) is 5.75 Å². The van der Waals surface area contributed by atoms with Crippen molar-refractivity contribution in [3.63, 3.8) is 0 Å². The fourth-order valence-electron chi connectivity index (χ4n) is 2.73. The minimum absolute atomic E-state index is 0.0990. The third kappa shape index (κ3) is 3.09. The number of nitrogens with two attached hydrogens (primary N) is 1. The van der Waals surface area contributed by atoms with Crippen LogP contribution in [0.25, 0.3) is 0 Å². The van der Waals surface area contributed by atoms with Gasteiger partial charge in [0, 0.05) is 10.9 Å². The van der Waals surface area contributed by atoms with Crippen LogP contribution >= 0.6 is 11.3 Å². The van der Waals surface area contributed by atoms with Crippen LogP contribution in [0.15, 0.2) is 24.3 Å². The maximum absolute atomic E-state index is 12.5. The number of hydrogen-bond acceptors (Lipinski definition) is 4. The number of nitrogens with one attached hydrogen (secondary N) is 1. The third-order valence-electron chi connectivity index (χ3n) is 3.98. The summed E-state index contributed by atoms with van der Waals surface area (Å²) >= 11 is 1.61. The fourth-order valence-corrected chi connectivity index (χ4v) is 3.88. The van der Waals surface area contributed by atoms with E-state index < -0.39 is 0 Å². The van der Waals surface area contributed by atoms with Gasteiger partial charge in [-0.05, 0) is 49.4 Å². The molecular weight excluding hydrogens is 296 g/mol. The lowest BCUT2D eigenvalue weighted by Gasteiger charge is -2.09. The molecule has 0 bridgehead atoms. The average molecular weight is 316 g/mol. The van der Waals surface area contributed by atoms with E-state index in [1.54, 1.807) is 36.6 Å². The van der Waals surface area contributed by atoms with Crippen LogP contribution in [0.2, 0.25) is 0 Å². The Morgan fingerprint density at radius 2 is 2.05 bits per heavy atom. The van der Waals surface area contributed by atoms with Crippen molar-refractivity contribution in [3.8, 4) is 5.75 Å². The second kappa shape index (κ2) is 6.40. The number of thiophene rings is 1. The molecule has 0 aliphatic heterocycles. The van der Waals surface area contributed by atoms with Gasteiger partial charge in [-0.1, -0.05) is 6.42 Å². The van der Waals surface area contributed by atoms with E-state index in [0.717, 1.165) is 17.7 Å². The maximum atomic E-state index is 12.5. The summed E-state index contributed by atoms with van der Waals surface area (Å²) in [5.41, 5.74) is 8.39. The van der Waals surface area contributed by atoms with Crippen molar-refractivity contribution in [2.24, 2.45) is 0 Å². The predicted octanol–water partition coefficient (Wildman–Crippen LogP) is 3.86. The van der Waals surface area contributed by atoms with E-state index in [4.69, 9.17) is 10.5 Å². The minimum atomic E-state index is -0.0990. The Kier molecular flexibility index (Phi) is 4.34. The zero-order valence-electron chi connectivity index (χ0n) is 12.6. The van der Waals surface area contributed by atoms with Crippen LogP contribution in [-0.4, -0.2) is 13.0 Å². The normalized spacial score (nSPS) is 14.0. The molecule has 0 radical (unpaired) electrons. The Balaban J connectivity index is 1.80. The number of anilines is 2. The van der Waals surface area contributed by atoms with E-state index in [2.05, 4.69) is 5.32 Å². The Labute approximate surface area is 134 Å². The Morgan fingerprint density at radius 1 is 1.23 bits per heavy atom. The van der Waals surface area contributed by atoms with Gasteiger partial charge in [-0.25, -0.2) is 0 Å². The van der Waals surface area contributed by atoms with E-state index in [-0.39, 0.29) is 5.91 Å². The summed E-state index contributed by atoms with van der Waals surface area (Å²) in [5.74, 6) is 0.574. The summed E-state index contributed by atoms with van der Waals surface area (Å²) in [7, 11) is 1.59. The molecule has 4 nitrogen and oxygen atoms in total. The molecule has 0 unspecified atom stereocenters. The molecule has 22 heavy (non-hydrogen) atoms. The van der Waals surface area contributed by atoms with Gasteiger partial charge in [0.05, 0.1) is 23.4 Å². The molecule has 0 atom stereocenters. The highest BCUT2D eigenvalue weighted by molar-refractivity contribution is 7.14. The summed E-state index contributed by atoms with van der Waals surface area (Å²) in [6.45, 7) is 0. The first-order valence-electron chi connectivity index (χ1n) is 7.54. The lowest BCUT2D eigenvalue weighted by molar-refractivity contribution is 0.103. The minimum Gasteiger partial charge on any atom is -0.497 e. The van der Waals surface area contributed by atoms with Gasteiger partial charge >= 0.3 is 0 Å². The van der Waals surface area contributed by atoms with Crippen molar-refractivity contribution in [1.82, 2.24) is 0 Å². The number of methoxy groups -OCH3 is 1. The summed E-state index contributed by atoms with van der Waals surface area (Å²) < 4.78 is 5.17. The van der Waals surface area contributed by atoms with Crippen molar-refractivity contribution in [1.29, 1.82) is 0 Å². The molecule has 1 aromatic carbocycles. The molecule has 0 fully saturated rings. The molecular formula is C17H20N2O2S. The van der Waals surface area contributed by atoms with E-state index in [0.29, 0.717) is 17.1 Å². The molecule has 1 aliphatic rings. The van der Waals surface area contributed by atoms with Crippen molar-refractivity contribution in [2.45, 2.75) is 32.1 Å².